The lowest BCUT2D eigenvalue weighted by Gasteiger charge is -2.32. The zero-order valence-electron chi connectivity index (χ0n) is 17.8. The zero-order chi connectivity index (χ0) is 21.5. The minimum Gasteiger partial charge on any atom is -0.367 e. The van der Waals surface area contributed by atoms with E-state index in [2.05, 4.69) is 32.4 Å². The highest BCUT2D eigenvalue weighted by Gasteiger charge is 2.21. The van der Waals surface area contributed by atoms with Gasteiger partial charge in [0.15, 0.2) is 5.82 Å². The minimum atomic E-state index is 0.0287. The van der Waals surface area contributed by atoms with Crippen LogP contribution in [-0.4, -0.2) is 51.4 Å². The Kier molecular flexibility index (Phi) is 6.84. The number of nitrogens with one attached hydrogen (secondary N) is 2. The first-order valence-corrected chi connectivity index (χ1v) is 10.8. The monoisotopic (exact) mass is 416 g/mol. The average molecular weight is 417 g/mol. The second kappa shape index (κ2) is 10.1. The SMILES string of the molecule is CCc1cc(NC2CCN(CC(=O)Nc3ccccc3)CC2)nc(-c2ccccn2)n1. The molecule has 4 rings (SSSR count). The van der Waals surface area contributed by atoms with Gasteiger partial charge in [-0.2, -0.15) is 0 Å². The first-order chi connectivity index (χ1) is 15.2. The van der Waals surface area contributed by atoms with Crippen LogP contribution in [0, 0.1) is 0 Å². The van der Waals surface area contributed by atoms with E-state index < -0.39 is 0 Å². The summed E-state index contributed by atoms with van der Waals surface area (Å²) >= 11 is 0. The fourth-order valence-corrected chi connectivity index (χ4v) is 3.73. The number of nitrogens with zero attached hydrogens (tertiary/aromatic N) is 4. The van der Waals surface area contributed by atoms with Crippen LogP contribution >= 0.6 is 0 Å². The van der Waals surface area contributed by atoms with Crippen LogP contribution in [0.5, 0.6) is 0 Å². The lowest BCUT2D eigenvalue weighted by Crippen LogP contribution is -2.42. The second-order valence-electron chi connectivity index (χ2n) is 7.75. The summed E-state index contributed by atoms with van der Waals surface area (Å²) in [5.41, 5.74) is 2.61. The van der Waals surface area contributed by atoms with Crippen LogP contribution in [0.4, 0.5) is 11.5 Å². The predicted octanol–water partition coefficient (Wildman–Crippen LogP) is 3.62. The molecular weight excluding hydrogens is 388 g/mol. The van der Waals surface area contributed by atoms with Gasteiger partial charge in [0.05, 0.1) is 6.54 Å². The molecular formula is C24H28N6O. The van der Waals surface area contributed by atoms with Crippen LogP contribution in [0.3, 0.4) is 0 Å². The smallest absolute Gasteiger partial charge is 0.238 e. The van der Waals surface area contributed by atoms with Crippen LogP contribution in [0.15, 0.2) is 60.8 Å². The van der Waals surface area contributed by atoms with Crippen LogP contribution in [-0.2, 0) is 11.2 Å². The first kappa shape index (κ1) is 20.9. The third kappa shape index (κ3) is 5.86. The normalized spacial score (nSPS) is 14.9. The van der Waals surface area contributed by atoms with Gasteiger partial charge in [0, 0.05) is 42.8 Å². The third-order valence-electron chi connectivity index (χ3n) is 5.40. The highest BCUT2D eigenvalue weighted by atomic mass is 16.2. The van der Waals surface area contributed by atoms with Crippen molar-refractivity contribution in [2.24, 2.45) is 0 Å². The molecule has 0 unspecified atom stereocenters. The molecule has 0 saturated carbocycles. The van der Waals surface area contributed by atoms with E-state index >= 15 is 0 Å². The Bertz CT molecular complexity index is 987. The van der Waals surface area contributed by atoms with Gasteiger partial charge in [-0.1, -0.05) is 31.2 Å². The van der Waals surface area contributed by atoms with E-state index in [4.69, 9.17) is 4.98 Å². The number of para-hydroxylation sites is 1. The molecule has 7 nitrogen and oxygen atoms in total. The largest absolute Gasteiger partial charge is 0.367 e. The highest BCUT2D eigenvalue weighted by Crippen LogP contribution is 2.20. The number of pyridine rings is 1. The van der Waals surface area contributed by atoms with Gasteiger partial charge in [-0.15, -0.1) is 0 Å². The third-order valence-corrected chi connectivity index (χ3v) is 5.40. The Labute approximate surface area is 183 Å². The molecule has 0 radical (unpaired) electrons. The molecule has 0 aliphatic carbocycles. The van der Waals surface area contributed by atoms with E-state index in [-0.39, 0.29) is 5.91 Å². The van der Waals surface area contributed by atoms with Gasteiger partial charge in [-0.25, -0.2) is 9.97 Å². The maximum Gasteiger partial charge on any atom is 0.238 e. The molecule has 1 aliphatic rings. The molecule has 0 atom stereocenters. The standard InChI is InChI=1S/C24H28N6O/c1-2-18-16-22(29-24(28-18)21-10-6-7-13-25-21)26-20-11-14-30(15-12-20)17-23(31)27-19-8-4-3-5-9-19/h3-10,13,16,20H,2,11-12,14-15,17H2,1H3,(H,27,31)(H,26,28,29). The number of likely N-dealkylation sites (tertiary alicyclic amines) is 1. The van der Waals surface area contributed by atoms with Gasteiger partial charge >= 0.3 is 0 Å². The maximum absolute atomic E-state index is 12.3. The number of piperidine rings is 1. The number of anilines is 2. The molecule has 1 aromatic carbocycles. The van der Waals surface area contributed by atoms with E-state index in [9.17, 15) is 4.79 Å². The van der Waals surface area contributed by atoms with Crippen molar-refractivity contribution in [2.45, 2.75) is 32.2 Å². The summed E-state index contributed by atoms with van der Waals surface area (Å²) in [5.74, 6) is 1.52. The summed E-state index contributed by atoms with van der Waals surface area (Å²) < 4.78 is 0. The van der Waals surface area contributed by atoms with Crippen molar-refractivity contribution in [3.05, 3.63) is 66.5 Å². The summed E-state index contributed by atoms with van der Waals surface area (Å²) in [7, 11) is 0. The van der Waals surface area contributed by atoms with Crippen LogP contribution in [0.25, 0.3) is 11.5 Å². The molecule has 2 N–H and O–H groups in total. The van der Waals surface area contributed by atoms with Crippen molar-refractivity contribution < 1.29 is 4.79 Å². The molecule has 2 aromatic heterocycles. The molecule has 0 spiro atoms. The molecule has 0 bridgehead atoms. The van der Waals surface area contributed by atoms with Gasteiger partial charge in [0.1, 0.15) is 11.5 Å². The molecule has 7 heteroatoms. The quantitative estimate of drug-likeness (QED) is 0.612. The lowest BCUT2D eigenvalue weighted by molar-refractivity contribution is -0.117. The zero-order valence-corrected chi connectivity index (χ0v) is 17.8. The number of benzene rings is 1. The summed E-state index contributed by atoms with van der Waals surface area (Å²) in [6, 6.07) is 17.7. The minimum absolute atomic E-state index is 0.0287. The molecule has 3 heterocycles. The Morgan fingerprint density at radius 1 is 1.06 bits per heavy atom. The Morgan fingerprint density at radius 2 is 1.84 bits per heavy atom. The van der Waals surface area contributed by atoms with Crippen molar-refractivity contribution in [1.82, 2.24) is 19.9 Å². The molecule has 1 saturated heterocycles. The van der Waals surface area contributed by atoms with Crippen molar-refractivity contribution in [1.29, 1.82) is 0 Å². The molecule has 1 fully saturated rings. The molecule has 3 aromatic rings. The number of hydrogen-bond acceptors (Lipinski definition) is 6. The number of amides is 1. The molecule has 31 heavy (non-hydrogen) atoms. The van der Waals surface area contributed by atoms with E-state index in [1.54, 1.807) is 6.20 Å². The predicted molar refractivity (Wildman–Crippen MR) is 123 cm³/mol. The topological polar surface area (TPSA) is 83.0 Å². The van der Waals surface area contributed by atoms with E-state index in [1.165, 1.54) is 0 Å². The summed E-state index contributed by atoms with van der Waals surface area (Å²) in [5, 5.41) is 6.53. The van der Waals surface area contributed by atoms with Crippen molar-refractivity contribution in [3.63, 3.8) is 0 Å². The number of rotatable bonds is 7. The molecule has 1 aliphatic heterocycles. The Balaban J connectivity index is 1.32. The second-order valence-corrected chi connectivity index (χ2v) is 7.75. The van der Waals surface area contributed by atoms with Gasteiger partial charge in [0.25, 0.3) is 0 Å². The average Bonchev–Trinajstić information content (AvgIpc) is 2.81. The van der Waals surface area contributed by atoms with Gasteiger partial charge in [-0.05, 0) is 43.5 Å². The molecule has 160 valence electrons. The van der Waals surface area contributed by atoms with E-state index in [0.717, 1.165) is 55.2 Å². The Hall–Kier alpha value is -3.32. The fourth-order valence-electron chi connectivity index (χ4n) is 3.73. The Morgan fingerprint density at radius 3 is 2.55 bits per heavy atom. The van der Waals surface area contributed by atoms with Gasteiger partial charge in [0.2, 0.25) is 5.91 Å². The summed E-state index contributed by atoms with van der Waals surface area (Å²) in [4.78, 5) is 28.2. The van der Waals surface area contributed by atoms with Crippen LogP contribution in [0.1, 0.15) is 25.5 Å². The summed E-state index contributed by atoms with van der Waals surface area (Å²) in [6.07, 6.45) is 4.52. The number of carbonyl (C=O) groups excluding carboxylic acids is 1. The van der Waals surface area contributed by atoms with Crippen LogP contribution < -0.4 is 10.6 Å². The first-order valence-electron chi connectivity index (χ1n) is 10.8. The van der Waals surface area contributed by atoms with Crippen molar-refractivity contribution in [2.75, 3.05) is 30.3 Å². The van der Waals surface area contributed by atoms with E-state index in [0.29, 0.717) is 18.4 Å². The van der Waals surface area contributed by atoms with Crippen molar-refractivity contribution >= 4 is 17.4 Å². The van der Waals surface area contributed by atoms with Crippen molar-refractivity contribution in [3.8, 4) is 11.5 Å². The summed E-state index contributed by atoms with van der Waals surface area (Å²) in [6.45, 7) is 4.25. The fraction of sp³-hybridized carbons (Fsp3) is 0.333. The van der Waals surface area contributed by atoms with E-state index in [1.807, 2.05) is 54.6 Å². The number of aryl methyl sites for hydroxylation is 1. The molecule has 1 amide bonds. The van der Waals surface area contributed by atoms with Crippen LogP contribution in [0.2, 0.25) is 0 Å². The number of carbonyl (C=O) groups is 1. The number of hydrogen-bond donors (Lipinski definition) is 2. The van der Waals surface area contributed by atoms with Gasteiger partial charge in [-0.3, -0.25) is 14.7 Å². The highest BCUT2D eigenvalue weighted by molar-refractivity contribution is 5.92. The lowest BCUT2D eigenvalue weighted by atomic mass is 10.0. The maximum atomic E-state index is 12.3. The number of aromatic nitrogens is 3. The van der Waals surface area contributed by atoms with Gasteiger partial charge < -0.3 is 10.6 Å².